The third-order valence-electron chi connectivity index (χ3n) is 3.17. The van der Waals surface area contributed by atoms with Gasteiger partial charge in [-0.3, -0.25) is 4.79 Å². The summed E-state index contributed by atoms with van der Waals surface area (Å²) in [5, 5.41) is 7.75. The Morgan fingerprint density at radius 2 is 2.14 bits per heavy atom. The zero-order chi connectivity index (χ0) is 15.0. The lowest BCUT2D eigenvalue weighted by molar-refractivity contribution is 0.102. The van der Waals surface area contributed by atoms with Crippen molar-refractivity contribution in [3.8, 4) is 5.75 Å². The second-order valence-electron chi connectivity index (χ2n) is 4.68. The molecule has 0 atom stereocenters. The van der Waals surface area contributed by atoms with E-state index >= 15 is 0 Å². The van der Waals surface area contributed by atoms with Gasteiger partial charge in [0.1, 0.15) is 15.5 Å². The van der Waals surface area contributed by atoms with Crippen LogP contribution in [0.5, 0.6) is 5.75 Å². The van der Waals surface area contributed by atoms with Crippen molar-refractivity contribution in [3.05, 3.63) is 39.0 Å². The number of carbonyl (C=O) groups excluding carboxylic acids is 1. The van der Waals surface area contributed by atoms with E-state index in [4.69, 9.17) is 4.74 Å². The molecule has 0 saturated carbocycles. The number of hydrogen-bond acceptors (Lipinski definition) is 5. The summed E-state index contributed by atoms with van der Waals surface area (Å²) in [6.45, 7) is 4.01. The second-order valence-corrected chi connectivity index (χ2v) is 6.46. The van der Waals surface area contributed by atoms with Crippen LogP contribution in [0.4, 0.5) is 5.69 Å². The van der Waals surface area contributed by atoms with Crippen molar-refractivity contribution >= 4 is 44.5 Å². The van der Waals surface area contributed by atoms with Crippen molar-refractivity contribution in [1.82, 2.24) is 4.98 Å². The zero-order valence-corrected chi connectivity index (χ0v) is 13.5. The summed E-state index contributed by atoms with van der Waals surface area (Å²) in [6, 6.07) is 3.82. The van der Waals surface area contributed by atoms with Crippen LogP contribution in [0.1, 0.15) is 20.9 Å². The number of aryl methyl sites for hydroxylation is 2. The van der Waals surface area contributed by atoms with Crippen molar-refractivity contribution in [3.63, 3.8) is 0 Å². The lowest BCUT2D eigenvalue weighted by Crippen LogP contribution is -2.11. The second kappa shape index (κ2) is 5.46. The predicted octanol–water partition coefficient (Wildman–Crippen LogP) is 4.24. The topological polar surface area (TPSA) is 51.2 Å². The summed E-state index contributed by atoms with van der Waals surface area (Å²) < 4.78 is 5.19. The van der Waals surface area contributed by atoms with Crippen molar-refractivity contribution in [2.24, 2.45) is 0 Å². The summed E-state index contributed by atoms with van der Waals surface area (Å²) in [6.07, 6.45) is 0. The van der Waals surface area contributed by atoms with Gasteiger partial charge in [-0.25, -0.2) is 4.98 Å². The van der Waals surface area contributed by atoms with E-state index in [0.717, 1.165) is 27.2 Å². The molecule has 1 amide bonds. The quantitative estimate of drug-likeness (QED) is 0.786. The van der Waals surface area contributed by atoms with Crippen LogP contribution in [-0.4, -0.2) is 18.0 Å². The Morgan fingerprint density at radius 3 is 2.90 bits per heavy atom. The third kappa shape index (κ3) is 2.52. The minimum Gasteiger partial charge on any atom is -0.495 e. The smallest absolute Gasteiger partial charge is 0.269 e. The maximum Gasteiger partial charge on any atom is 0.269 e. The molecule has 3 rings (SSSR count). The largest absolute Gasteiger partial charge is 0.495 e. The summed E-state index contributed by atoms with van der Waals surface area (Å²) in [4.78, 5) is 18.4. The fourth-order valence-corrected chi connectivity index (χ4v) is 4.03. The summed E-state index contributed by atoms with van der Waals surface area (Å²) in [5.74, 6) is 0.448. The van der Waals surface area contributed by atoms with Crippen molar-refractivity contribution in [2.45, 2.75) is 13.8 Å². The van der Waals surface area contributed by atoms with Crippen LogP contribution in [0.3, 0.4) is 0 Å². The van der Waals surface area contributed by atoms with Crippen molar-refractivity contribution in [2.75, 3.05) is 12.4 Å². The first-order chi connectivity index (χ1) is 10.1. The highest BCUT2D eigenvalue weighted by Crippen LogP contribution is 2.33. The molecular weight excluding hydrogens is 304 g/mol. The van der Waals surface area contributed by atoms with E-state index in [1.165, 1.54) is 22.7 Å². The molecule has 21 heavy (non-hydrogen) atoms. The Hall–Kier alpha value is -1.92. The van der Waals surface area contributed by atoms with Crippen LogP contribution in [-0.2, 0) is 0 Å². The fourth-order valence-electron chi connectivity index (χ4n) is 2.28. The Kier molecular flexibility index (Phi) is 3.65. The molecule has 6 heteroatoms. The number of aromatic nitrogens is 1. The average Bonchev–Trinajstić information content (AvgIpc) is 3.05. The number of hydrogen-bond donors (Lipinski definition) is 1. The highest BCUT2D eigenvalue weighted by atomic mass is 32.1. The Bertz CT molecular complexity index is 820. The molecule has 1 N–H and O–H groups in total. The Labute approximate surface area is 130 Å². The number of pyridine rings is 1. The molecule has 0 spiro atoms. The van der Waals surface area contributed by atoms with Gasteiger partial charge < -0.3 is 10.1 Å². The first-order valence-corrected chi connectivity index (χ1v) is 8.14. The number of thiophene rings is 2. The number of amides is 1. The Balaban J connectivity index is 1.97. The van der Waals surface area contributed by atoms with E-state index in [9.17, 15) is 4.79 Å². The molecule has 3 aromatic heterocycles. The molecule has 0 unspecified atom stereocenters. The molecule has 0 saturated heterocycles. The molecule has 0 aliphatic heterocycles. The van der Waals surface area contributed by atoms with Gasteiger partial charge in [0.15, 0.2) is 0 Å². The number of nitrogens with zero attached hydrogens (tertiary/aromatic N) is 1. The van der Waals surface area contributed by atoms with Crippen LogP contribution in [0.25, 0.3) is 10.2 Å². The minimum absolute atomic E-state index is 0.151. The molecule has 0 bridgehead atoms. The summed E-state index contributed by atoms with van der Waals surface area (Å²) >= 11 is 2.90. The van der Waals surface area contributed by atoms with Crippen LogP contribution in [0.15, 0.2) is 22.9 Å². The molecule has 0 aromatic carbocycles. The van der Waals surface area contributed by atoms with Crippen LogP contribution < -0.4 is 10.1 Å². The fraction of sp³-hybridized carbons (Fsp3) is 0.200. The maximum absolute atomic E-state index is 12.4. The number of carbonyl (C=O) groups is 1. The van der Waals surface area contributed by atoms with Gasteiger partial charge in [0, 0.05) is 16.5 Å². The standard InChI is InChI=1S/C15H14N2O2S2/c1-8-6-9(2)16-15-12(8)10(7-21-15)17-14(18)13-11(19-3)4-5-20-13/h4-7H,1-3H3,(H,17,18). The number of fused-ring (bicyclic) bond motifs is 1. The monoisotopic (exact) mass is 318 g/mol. The number of rotatable bonds is 3. The van der Waals surface area contributed by atoms with Gasteiger partial charge in [0.05, 0.1) is 12.8 Å². The molecule has 108 valence electrons. The van der Waals surface area contributed by atoms with Crippen molar-refractivity contribution in [1.29, 1.82) is 0 Å². The molecule has 0 radical (unpaired) electrons. The van der Waals surface area contributed by atoms with Gasteiger partial charge in [-0.15, -0.1) is 22.7 Å². The highest BCUT2D eigenvalue weighted by Gasteiger charge is 2.17. The number of ether oxygens (including phenoxy) is 1. The third-order valence-corrected chi connectivity index (χ3v) is 4.94. The zero-order valence-electron chi connectivity index (χ0n) is 11.9. The molecule has 3 heterocycles. The van der Waals surface area contributed by atoms with E-state index in [-0.39, 0.29) is 5.91 Å². The number of nitrogens with one attached hydrogen (secondary N) is 1. The number of methoxy groups -OCH3 is 1. The molecular formula is C15H14N2O2S2. The van der Waals surface area contributed by atoms with Gasteiger partial charge >= 0.3 is 0 Å². The molecule has 0 aliphatic rings. The predicted molar refractivity (Wildman–Crippen MR) is 87.9 cm³/mol. The minimum atomic E-state index is -0.151. The van der Waals surface area contributed by atoms with Gasteiger partial charge in [0.2, 0.25) is 0 Å². The molecule has 4 nitrogen and oxygen atoms in total. The van der Waals surface area contributed by atoms with Crippen LogP contribution in [0, 0.1) is 13.8 Å². The Morgan fingerprint density at radius 1 is 1.33 bits per heavy atom. The SMILES string of the molecule is COc1ccsc1C(=O)Nc1csc2nc(C)cc(C)c12. The van der Waals surface area contributed by atoms with Gasteiger partial charge in [-0.2, -0.15) is 0 Å². The summed E-state index contributed by atoms with van der Waals surface area (Å²) in [7, 11) is 1.57. The first kappa shape index (κ1) is 14.0. The van der Waals surface area contributed by atoms with Gasteiger partial charge in [-0.1, -0.05) is 0 Å². The van der Waals surface area contributed by atoms with Crippen LogP contribution in [0.2, 0.25) is 0 Å². The molecule has 0 aliphatic carbocycles. The normalized spacial score (nSPS) is 10.8. The van der Waals surface area contributed by atoms with E-state index in [1.54, 1.807) is 13.2 Å². The first-order valence-electron chi connectivity index (χ1n) is 6.38. The highest BCUT2D eigenvalue weighted by molar-refractivity contribution is 7.17. The summed E-state index contributed by atoms with van der Waals surface area (Å²) in [5.41, 5.74) is 2.91. The van der Waals surface area contributed by atoms with E-state index in [2.05, 4.69) is 10.3 Å². The average molecular weight is 318 g/mol. The van der Waals surface area contributed by atoms with Gasteiger partial charge in [-0.05, 0) is 36.9 Å². The van der Waals surface area contributed by atoms with Crippen LogP contribution >= 0.6 is 22.7 Å². The van der Waals surface area contributed by atoms with E-state index < -0.39 is 0 Å². The lowest BCUT2D eigenvalue weighted by atomic mass is 10.1. The van der Waals surface area contributed by atoms with E-state index in [0.29, 0.717) is 10.6 Å². The number of anilines is 1. The maximum atomic E-state index is 12.4. The van der Waals surface area contributed by atoms with Gasteiger partial charge in [0.25, 0.3) is 5.91 Å². The molecule has 0 fully saturated rings. The van der Waals surface area contributed by atoms with E-state index in [1.807, 2.05) is 30.7 Å². The molecule has 3 aromatic rings. The lowest BCUT2D eigenvalue weighted by Gasteiger charge is -2.06. The van der Waals surface area contributed by atoms with Crippen molar-refractivity contribution < 1.29 is 9.53 Å².